The molecular formula is C41H78N2O10. The van der Waals surface area contributed by atoms with Crippen LogP contribution in [-0.4, -0.2) is 104 Å². The lowest BCUT2D eigenvalue weighted by Crippen LogP contribution is -2.70. The van der Waals surface area contributed by atoms with Gasteiger partial charge in [0.15, 0.2) is 0 Å². The van der Waals surface area contributed by atoms with Gasteiger partial charge in [0.05, 0.1) is 18.8 Å². The first-order chi connectivity index (χ1) is 25.3. The van der Waals surface area contributed by atoms with Crippen molar-refractivity contribution in [2.45, 2.75) is 211 Å². The number of hydrogen-bond acceptors (Lipinski definition) is 10. The average Bonchev–Trinajstić information content (AvgIpc) is 3.11. The van der Waals surface area contributed by atoms with Gasteiger partial charge >= 0.3 is 5.97 Å². The minimum absolute atomic E-state index is 0.222. The molecule has 9 N–H and O–H groups in total. The van der Waals surface area contributed by atoms with E-state index in [2.05, 4.69) is 33.0 Å². The normalized spacial score (nSPS) is 23.8. The number of carboxylic acids is 1. The second-order valence-corrected chi connectivity index (χ2v) is 16.1. The third-order valence-electron chi connectivity index (χ3n) is 10.3. The van der Waals surface area contributed by atoms with Crippen LogP contribution in [0.4, 0.5) is 0 Å². The summed E-state index contributed by atoms with van der Waals surface area (Å²) < 4.78 is 11.0. The number of unbranched alkanes of at least 4 members (excludes halogenated alkanes) is 16. The van der Waals surface area contributed by atoms with Crippen LogP contribution in [0.25, 0.3) is 0 Å². The highest BCUT2D eigenvalue weighted by atomic mass is 16.7. The van der Waals surface area contributed by atoms with E-state index in [1.165, 1.54) is 83.1 Å². The van der Waals surface area contributed by atoms with Crippen LogP contribution < -0.4 is 11.1 Å². The van der Waals surface area contributed by atoms with Crippen molar-refractivity contribution >= 4 is 11.9 Å². The molecule has 1 amide bonds. The Morgan fingerprint density at radius 1 is 0.736 bits per heavy atom. The Bertz CT molecular complexity index is 980. The zero-order chi connectivity index (χ0) is 39.6. The number of aliphatic carboxylic acids is 1. The first-order valence-corrected chi connectivity index (χ1v) is 20.9. The zero-order valence-corrected chi connectivity index (χ0v) is 33.5. The van der Waals surface area contributed by atoms with E-state index in [0.717, 1.165) is 50.4 Å². The van der Waals surface area contributed by atoms with Crippen molar-refractivity contribution < 1.29 is 49.7 Å². The van der Waals surface area contributed by atoms with E-state index in [4.69, 9.17) is 15.2 Å². The van der Waals surface area contributed by atoms with Crippen molar-refractivity contribution in [2.75, 3.05) is 13.2 Å². The molecule has 0 aliphatic carbocycles. The summed E-state index contributed by atoms with van der Waals surface area (Å²) >= 11 is 0. The number of aliphatic hydroxyl groups excluding tert-OH is 5. The van der Waals surface area contributed by atoms with Gasteiger partial charge in [-0.3, -0.25) is 4.79 Å². The van der Waals surface area contributed by atoms with Crippen LogP contribution in [-0.2, 0) is 19.1 Å². The maximum atomic E-state index is 13.0. The molecule has 312 valence electrons. The molecule has 12 heteroatoms. The van der Waals surface area contributed by atoms with E-state index in [1.807, 2.05) is 0 Å². The van der Waals surface area contributed by atoms with E-state index >= 15 is 0 Å². The van der Waals surface area contributed by atoms with Gasteiger partial charge in [-0.05, 0) is 31.1 Å². The number of hydrogen-bond donors (Lipinski definition) is 8. The summed E-state index contributed by atoms with van der Waals surface area (Å²) in [5, 5.41) is 65.6. The number of allylic oxidation sites excluding steroid dienone is 1. The van der Waals surface area contributed by atoms with Crippen molar-refractivity contribution in [3.8, 4) is 0 Å². The SMILES string of the molecule is CC(C)CCCCCCCCCCCC/C=C/C(O)C(COC1(C(=O)O)OC(CN)C(O)C(O)C1O)NC(=O)C(O)CCCCCCCCCC(C)C. The Morgan fingerprint density at radius 3 is 1.64 bits per heavy atom. The van der Waals surface area contributed by atoms with Crippen LogP contribution in [0.5, 0.6) is 0 Å². The van der Waals surface area contributed by atoms with Crippen molar-refractivity contribution in [1.29, 1.82) is 0 Å². The molecule has 0 aromatic rings. The van der Waals surface area contributed by atoms with Gasteiger partial charge in [0.25, 0.3) is 5.79 Å². The van der Waals surface area contributed by atoms with Crippen LogP contribution in [0.2, 0.25) is 0 Å². The molecule has 1 fully saturated rings. The molecule has 1 heterocycles. The van der Waals surface area contributed by atoms with Gasteiger partial charge in [-0.15, -0.1) is 0 Å². The number of aliphatic hydroxyl groups is 5. The molecule has 0 saturated carbocycles. The fourth-order valence-electron chi connectivity index (χ4n) is 6.76. The van der Waals surface area contributed by atoms with E-state index < -0.39 is 66.9 Å². The summed E-state index contributed by atoms with van der Waals surface area (Å²) in [5.41, 5.74) is 5.61. The maximum Gasteiger partial charge on any atom is 0.367 e. The Morgan fingerprint density at radius 2 is 1.19 bits per heavy atom. The second-order valence-electron chi connectivity index (χ2n) is 16.1. The fraction of sp³-hybridized carbons (Fsp3) is 0.902. The molecule has 1 aliphatic rings. The van der Waals surface area contributed by atoms with E-state index in [9.17, 15) is 40.2 Å². The smallest absolute Gasteiger partial charge is 0.367 e. The molecule has 0 bridgehead atoms. The first kappa shape index (κ1) is 49.4. The number of amides is 1. The standard InChI is InChI=1S/C41H78N2O10/c1-30(2)24-20-16-12-9-7-5-6-8-10-14-18-22-26-33(44)32(29-52-41(40(50)51)38(48)37(47)36(46)35(28-42)53-41)43-39(49)34(45)27-23-19-15-11-13-17-21-25-31(3)4/h22,26,30-38,44-48H,5-21,23-25,27-29,42H2,1-4H3,(H,43,49)(H,50,51)/b26-22+. The molecule has 0 radical (unpaired) electrons. The number of nitrogens with two attached hydrogens (primary N) is 1. The van der Waals surface area contributed by atoms with Gasteiger partial charge < -0.3 is 51.2 Å². The molecule has 0 aromatic carbocycles. The van der Waals surface area contributed by atoms with Crippen molar-refractivity contribution in [3.63, 3.8) is 0 Å². The van der Waals surface area contributed by atoms with Crippen LogP contribution in [0, 0.1) is 11.8 Å². The van der Waals surface area contributed by atoms with Crippen LogP contribution in [0.3, 0.4) is 0 Å². The van der Waals surface area contributed by atoms with E-state index in [-0.39, 0.29) is 13.0 Å². The Hall–Kier alpha value is -1.64. The van der Waals surface area contributed by atoms with Crippen molar-refractivity contribution in [1.82, 2.24) is 5.32 Å². The maximum absolute atomic E-state index is 13.0. The second kappa shape index (κ2) is 28.7. The molecule has 0 aromatic heterocycles. The largest absolute Gasteiger partial charge is 0.477 e. The molecule has 53 heavy (non-hydrogen) atoms. The van der Waals surface area contributed by atoms with Gasteiger partial charge in [0.2, 0.25) is 5.91 Å². The lowest BCUT2D eigenvalue weighted by Gasteiger charge is -2.46. The van der Waals surface area contributed by atoms with Gasteiger partial charge in [0.1, 0.15) is 30.5 Å². The molecule has 8 atom stereocenters. The topological polar surface area (TPSA) is 212 Å². The molecular weight excluding hydrogens is 680 g/mol. The van der Waals surface area contributed by atoms with E-state index in [1.54, 1.807) is 6.08 Å². The minimum Gasteiger partial charge on any atom is -0.477 e. The predicted octanol–water partition coefficient (Wildman–Crippen LogP) is 5.49. The summed E-state index contributed by atoms with van der Waals surface area (Å²) in [6, 6.07) is -1.24. The van der Waals surface area contributed by atoms with Gasteiger partial charge in [0, 0.05) is 6.54 Å². The number of carbonyl (C=O) groups excluding carboxylic acids is 1. The molecule has 1 saturated heterocycles. The number of ether oxygens (including phenoxy) is 2. The molecule has 12 nitrogen and oxygen atoms in total. The zero-order valence-electron chi connectivity index (χ0n) is 33.5. The van der Waals surface area contributed by atoms with Crippen molar-refractivity contribution in [3.05, 3.63) is 12.2 Å². The van der Waals surface area contributed by atoms with E-state index in [0.29, 0.717) is 12.8 Å². The van der Waals surface area contributed by atoms with Crippen LogP contribution in [0.1, 0.15) is 163 Å². The first-order valence-electron chi connectivity index (χ1n) is 20.9. The average molecular weight is 759 g/mol. The summed E-state index contributed by atoms with van der Waals surface area (Å²) in [6.45, 7) is 7.96. The molecule has 1 aliphatic heterocycles. The molecule has 0 spiro atoms. The Balaban J connectivity index is 2.70. The molecule has 1 rings (SSSR count). The Kier molecular flexibility index (Phi) is 26.8. The third kappa shape index (κ3) is 20.2. The van der Waals surface area contributed by atoms with Crippen LogP contribution in [0.15, 0.2) is 12.2 Å². The van der Waals surface area contributed by atoms with Crippen LogP contribution >= 0.6 is 0 Å². The molecule has 8 unspecified atom stereocenters. The number of nitrogens with one attached hydrogen (secondary N) is 1. The highest BCUT2D eigenvalue weighted by molar-refractivity contribution is 5.81. The monoisotopic (exact) mass is 759 g/mol. The van der Waals surface area contributed by atoms with Gasteiger partial charge in [-0.1, -0.05) is 155 Å². The Labute approximate surface area is 320 Å². The number of rotatable bonds is 32. The van der Waals surface area contributed by atoms with Gasteiger partial charge in [-0.2, -0.15) is 0 Å². The summed E-state index contributed by atoms with van der Waals surface area (Å²) in [5.74, 6) is -3.87. The lowest BCUT2D eigenvalue weighted by molar-refractivity contribution is -0.348. The quantitative estimate of drug-likeness (QED) is 0.0317. The number of carboxylic acid groups (broad SMARTS) is 1. The lowest BCUT2D eigenvalue weighted by atomic mass is 9.92. The summed E-state index contributed by atoms with van der Waals surface area (Å²) in [4.78, 5) is 25.4. The van der Waals surface area contributed by atoms with Crippen molar-refractivity contribution in [2.24, 2.45) is 17.6 Å². The summed E-state index contributed by atoms with van der Waals surface area (Å²) in [6.07, 6.45) is 16.2. The highest BCUT2D eigenvalue weighted by Crippen LogP contribution is 2.32. The van der Waals surface area contributed by atoms with Gasteiger partial charge in [-0.25, -0.2) is 4.79 Å². The predicted molar refractivity (Wildman–Crippen MR) is 208 cm³/mol. The summed E-state index contributed by atoms with van der Waals surface area (Å²) in [7, 11) is 0. The third-order valence-corrected chi connectivity index (χ3v) is 10.3. The fourth-order valence-corrected chi connectivity index (χ4v) is 6.76. The number of carbonyl (C=O) groups is 2. The minimum atomic E-state index is -2.84. The highest BCUT2D eigenvalue weighted by Gasteiger charge is 2.59.